The fraction of sp³-hybridized carbons (Fsp3) is 0.480. The molecule has 5 rings (SSSR count). The zero-order valence-electron chi connectivity index (χ0n) is 19.1. The van der Waals surface area contributed by atoms with Gasteiger partial charge in [-0.05, 0) is 57.1 Å². The second-order valence-electron chi connectivity index (χ2n) is 9.44. The number of nitrogens with zero attached hydrogens (tertiary/aromatic N) is 5. The molecular weight excluding hydrogens is 402 g/mol. The number of fused-ring (bicyclic) bond motifs is 1. The molecule has 2 aromatic heterocycles. The van der Waals surface area contributed by atoms with E-state index in [0.29, 0.717) is 23.6 Å². The third kappa shape index (κ3) is 3.59. The standard InChI is InChI=1S/C25H31N5O2/c1-16-10-12-28(14-16)24-18(3)15-30-22(26-24)13-20(27-30)21-9-4-5-11-29(21)25(32)19-8-6-7-17(2)23(19)31/h6-8,13,15-16,21,31H,4-5,9-12,14H2,1-3H3/t16-,21-/m0/s1. The molecule has 3 aromatic rings. The molecule has 0 bridgehead atoms. The van der Waals surface area contributed by atoms with E-state index in [0.717, 1.165) is 55.1 Å². The summed E-state index contributed by atoms with van der Waals surface area (Å²) in [6.45, 7) is 8.92. The van der Waals surface area contributed by atoms with Crippen molar-refractivity contribution in [3.63, 3.8) is 0 Å². The summed E-state index contributed by atoms with van der Waals surface area (Å²) in [5, 5.41) is 15.3. The summed E-state index contributed by atoms with van der Waals surface area (Å²) in [4.78, 5) is 22.6. The molecule has 1 aromatic carbocycles. The number of piperidine rings is 1. The van der Waals surface area contributed by atoms with Gasteiger partial charge in [0.1, 0.15) is 11.6 Å². The van der Waals surface area contributed by atoms with Gasteiger partial charge in [-0.15, -0.1) is 0 Å². The Morgan fingerprint density at radius 3 is 2.75 bits per heavy atom. The monoisotopic (exact) mass is 433 g/mol. The van der Waals surface area contributed by atoms with Crippen LogP contribution in [0.2, 0.25) is 0 Å². The predicted molar refractivity (Wildman–Crippen MR) is 124 cm³/mol. The number of anilines is 1. The van der Waals surface area contributed by atoms with E-state index in [1.807, 2.05) is 40.7 Å². The number of likely N-dealkylation sites (tertiary alicyclic amines) is 1. The van der Waals surface area contributed by atoms with Gasteiger partial charge in [0.15, 0.2) is 5.65 Å². The Kier molecular flexibility index (Phi) is 5.27. The molecule has 0 spiro atoms. The predicted octanol–water partition coefficient (Wildman–Crippen LogP) is 4.27. The number of carbonyl (C=O) groups excluding carboxylic acids is 1. The van der Waals surface area contributed by atoms with Crippen LogP contribution in [-0.4, -0.2) is 50.1 Å². The first-order chi connectivity index (χ1) is 15.4. The number of aromatic nitrogens is 3. The van der Waals surface area contributed by atoms with E-state index in [4.69, 9.17) is 10.1 Å². The van der Waals surface area contributed by atoms with Crippen LogP contribution in [0.4, 0.5) is 5.82 Å². The van der Waals surface area contributed by atoms with E-state index in [1.54, 1.807) is 6.07 Å². The molecule has 32 heavy (non-hydrogen) atoms. The minimum Gasteiger partial charge on any atom is -0.507 e. The van der Waals surface area contributed by atoms with Gasteiger partial charge in [0, 0.05) is 37.5 Å². The SMILES string of the molecule is Cc1cn2nc([C@@H]3CCCCN3C(=O)c3cccc(C)c3O)cc2nc1N1CC[C@H](C)C1. The normalized spacial score (nSPS) is 21.5. The number of phenols is 1. The average molecular weight is 434 g/mol. The zero-order valence-corrected chi connectivity index (χ0v) is 19.1. The van der Waals surface area contributed by atoms with Crippen molar-refractivity contribution >= 4 is 17.4 Å². The Hall–Kier alpha value is -3.09. The number of hydrogen-bond acceptors (Lipinski definition) is 5. The second-order valence-corrected chi connectivity index (χ2v) is 9.44. The smallest absolute Gasteiger partial charge is 0.258 e. The Morgan fingerprint density at radius 1 is 1.12 bits per heavy atom. The van der Waals surface area contributed by atoms with Gasteiger partial charge < -0.3 is 14.9 Å². The molecule has 2 saturated heterocycles. The van der Waals surface area contributed by atoms with Crippen LogP contribution in [0, 0.1) is 19.8 Å². The summed E-state index contributed by atoms with van der Waals surface area (Å²) in [5.74, 6) is 1.66. The van der Waals surface area contributed by atoms with Crippen molar-refractivity contribution in [3.8, 4) is 5.75 Å². The number of rotatable bonds is 3. The molecule has 1 amide bonds. The van der Waals surface area contributed by atoms with Crippen LogP contribution in [0.25, 0.3) is 5.65 Å². The third-order valence-electron chi connectivity index (χ3n) is 6.92. The summed E-state index contributed by atoms with van der Waals surface area (Å²) in [6.07, 6.45) is 6.10. The number of amides is 1. The minimum absolute atomic E-state index is 0.0681. The number of phenolic OH excluding ortho intramolecular Hbond substituents is 1. The van der Waals surface area contributed by atoms with E-state index < -0.39 is 0 Å². The van der Waals surface area contributed by atoms with Gasteiger partial charge in [-0.3, -0.25) is 4.79 Å². The minimum atomic E-state index is -0.135. The molecule has 168 valence electrons. The van der Waals surface area contributed by atoms with Gasteiger partial charge in [-0.25, -0.2) is 9.50 Å². The average Bonchev–Trinajstić information content (AvgIpc) is 3.40. The lowest BCUT2D eigenvalue weighted by Gasteiger charge is -2.35. The van der Waals surface area contributed by atoms with Gasteiger partial charge in [-0.2, -0.15) is 5.10 Å². The number of carbonyl (C=O) groups is 1. The summed E-state index contributed by atoms with van der Waals surface area (Å²) in [7, 11) is 0. The number of aromatic hydroxyl groups is 1. The molecular formula is C25H31N5O2. The van der Waals surface area contributed by atoms with Crippen molar-refractivity contribution in [3.05, 3.63) is 52.8 Å². The third-order valence-corrected chi connectivity index (χ3v) is 6.92. The van der Waals surface area contributed by atoms with Crippen LogP contribution in [0.15, 0.2) is 30.5 Å². The number of benzene rings is 1. The highest BCUT2D eigenvalue weighted by atomic mass is 16.3. The van der Waals surface area contributed by atoms with Gasteiger partial charge >= 0.3 is 0 Å². The van der Waals surface area contributed by atoms with Crippen molar-refractivity contribution in [2.24, 2.45) is 5.92 Å². The molecule has 2 aliphatic heterocycles. The highest BCUT2D eigenvalue weighted by Crippen LogP contribution is 2.34. The Bertz CT molecular complexity index is 1170. The van der Waals surface area contributed by atoms with Gasteiger partial charge in [-0.1, -0.05) is 19.1 Å². The maximum atomic E-state index is 13.4. The second kappa shape index (κ2) is 8.11. The molecule has 7 nitrogen and oxygen atoms in total. The fourth-order valence-electron chi connectivity index (χ4n) is 5.10. The molecule has 7 heteroatoms. The number of aryl methyl sites for hydroxylation is 2. The van der Waals surface area contributed by atoms with Crippen molar-refractivity contribution in [1.82, 2.24) is 19.5 Å². The summed E-state index contributed by atoms with van der Waals surface area (Å²) in [6, 6.07) is 7.24. The molecule has 2 atom stereocenters. The molecule has 2 aliphatic rings. The van der Waals surface area contributed by atoms with Crippen molar-refractivity contribution in [2.75, 3.05) is 24.5 Å². The summed E-state index contributed by atoms with van der Waals surface area (Å²) >= 11 is 0. The Labute approximate surface area is 188 Å². The first-order valence-electron chi connectivity index (χ1n) is 11.6. The Morgan fingerprint density at radius 2 is 1.97 bits per heavy atom. The van der Waals surface area contributed by atoms with Crippen LogP contribution in [0.5, 0.6) is 5.75 Å². The molecule has 0 aliphatic carbocycles. The summed E-state index contributed by atoms with van der Waals surface area (Å²) in [5.41, 5.74) is 3.86. The van der Waals surface area contributed by atoms with E-state index in [9.17, 15) is 9.90 Å². The molecule has 0 unspecified atom stereocenters. The molecule has 1 N–H and O–H groups in total. The maximum Gasteiger partial charge on any atom is 0.258 e. The number of hydrogen-bond donors (Lipinski definition) is 1. The van der Waals surface area contributed by atoms with Crippen LogP contribution in [0.3, 0.4) is 0 Å². The Balaban J connectivity index is 1.48. The number of para-hydroxylation sites is 1. The van der Waals surface area contributed by atoms with E-state index in [-0.39, 0.29) is 17.7 Å². The van der Waals surface area contributed by atoms with Crippen LogP contribution >= 0.6 is 0 Å². The van der Waals surface area contributed by atoms with Gasteiger partial charge in [0.05, 0.1) is 17.3 Å². The van der Waals surface area contributed by atoms with Crippen LogP contribution < -0.4 is 4.90 Å². The lowest BCUT2D eigenvalue weighted by molar-refractivity contribution is 0.0602. The first kappa shape index (κ1) is 20.8. The zero-order chi connectivity index (χ0) is 22.4. The fourth-order valence-corrected chi connectivity index (χ4v) is 5.10. The molecule has 4 heterocycles. The van der Waals surface area contributed by atoms with Crippen molar-refractivity contribution in [2.45, 2.75) is 52.5 Å². The van der Waals surface area contributed by atoms with E-state index >= 15 is 0 Å². The molecule has 2 fully saturated rings. The molecule has 0 saturated carbocycles. The van der Waals surface area contributed by atoms with Crippen molar-refractivity contribution in [1.29, 1.82) is 0 Å². The highest BCUT2D eigenvalue weighted by molar-refractivity contribution is 5.97. The first-order valence-corrected chi connectivity index (χ1v) is 11.6. The molecule has 0 radical (unpaired) electrons. The lowest BCUT2D eigenvalue weighted by atomic mass is 9.97. The van der Waals surface area contributed by atoms with Gasteiger partial charge in [0.2, 0.25) is 0 Å². The quantitative estimate of drug-likeness (QED) is 0.668. The van der Waals surface area contributed by atoms with Crippen LogP contribution in [-0.2, 0) is 0 Å². The van der Waals surface area contributed by atoms with Gasteiger partial charge in [0.25, 0.3) is 5.91 Å². The van der Waals surface area contributed by atoms with E-state index in [1.165, 1.54) is 6.42 Å². The maximum absolute atomic E-state index is 13.4. The lowest BCUT2D eigenvalue weighted by Crippen LogP contribution is -2.38. The highest BCUT2D eigenvalue weighted by Gasteiger charge is 2.32. The largest absolute Gasteiger partial charge is 0.507 e. The van der Waals surface area contributed by atoms with Crippen molar-refractivity contribution < 1.29 is 9.90 Å². The van der Waals surface area contributed by atoms with Crippen LogP contribution in [0.1, 0.15) is 65.8 Å². The summed E-state index contributed by atoms with van der Waals surface area (Å²) < 4.78 is 1.84. The van der Waals surface area contributed by atoms with E-state index in [2.05, 4.69) is 18.7 Å². The topological polar surface area (TPSA) is 74.0 Å².